The maximum absolute atomic E-state index is 10.8. The van der Waals surface area contributed by atoms with Gasteiger partial charge in [-0.15, -0.1) is 10.2 Å². The molecule has 0 saturated heterocycles. The van der Waals surface area contributed by atoms with Gasteiger partial charge in [0, 0.05) is 11.8 Å². The van der Waals surface area contributed by atoms with Crippen LogP contribution >= 0.6 is 23.5 Å². The fourth-order valence-electron chi connectivity index (χ4n) is 2.43. The van der Waals surface area contributed by atoms with Gasteiger partial charge in [-0.05, 0) is 24.2 Å². The van der Waals surface area contributed by atoms with Crippen LogP contribution in [0.15, 0.2) is 32.1 Å². The van der Waals surface area contributed by atoms with E-state index >= 15 is 0 Å². The molecule has 1 unspecified atom stereocenters. The lowest BCUT2D eigenvalue weighted by atomic mass is 10.3. The van der Waals surface area contributed by atoms with Crippen LogP contribution in [0.3, 0.4) is 0 Å². The molecule has 0 aromatic carbocycles. The smallest absolute Gasteiger partial charge is 0.403 e. The van der Waals surface area contributed by atoms with Crippen LogP contribution in [-0.4, -0.2) is 19.8 Å². The molecule has 0 bridgehead atoms. The monoisotopic (exact) mass is 337 g/mol. The third kappa shape index (κ3) is 1.94. The van der Waals surface area contributed by atoms with E-state index in [1.54, 1.807) is 29.6 Å². The normalized spacial score (nSPS) is 19.2. The molecule has 0 N–H and O–H groups in total. The molecular weight excluding hydrogens is 326 g/mol. The molecule has 0 saturated carbocycles. The summed E-state index contributed by atoms with van der Waals surface area (Å²) in [7, 11) is 0. The van der Waals surface area contributed by atoms with Crippen LogP contribution in [0.2, 0.25) is 0 Å². The zero-order valence-corrected chi connectivity index (χ0v) is 13.1. The Bertz CT molecular complexity index is 784. The van der Waals surface area contributed by atoms with Crippen LogP contribution < -0.4 is 5.01 Å². The van der Waals surface area contributed by atoms with Crippen molar-refractivity contribution in [3.63, 3.8) is 0 Å². The first-order chi connectivity index (χ1) is 10.7. The second-order valence-electron chi connectivity index (χ2n) is 4.78. The minimum Gasteiger partial charge on any atom is -0.403 e. The number of nitrogens with zero attached hydrogens (tertiary/aromatic N) is 5. The minimum atomic E-state index is -0.525. The SMILES string of the molecule is CCCc1nnc2n1N1C(=CSC1c1ccc([N+](=O)[O-])o1)S2. The first-order valence-electron chi connectivity index (χ1n) is 6.70. The van der Waals surface area contributed by atoms with E-state index in [1.807, 2.05) is 15.1 Å². The summed E-state index contributed by atoms with van der Waals surface area (Å²) in [6, 6.07) is 3.04. The van der Waals surface area contributed by atoms with Crippen molar-refractivity contribution in [3.05, 3.63) is 44.3 Å². The van der Waals surface area contributed by atoms with Gasteiger partial charge in [-0.25, -0.2) is 9.69 Å². The lowest BCUT2D eigenvalue weighted by molar-refractivity contribution is -0.402. The minimum absolute atomic E-state index is 0.177. The van der Waals surface area contributed by atoms with E-state index in [0.29, 0.717) is 5.76 Å². The van der Waals surface area contributed by atoms with Crippen molar-refractivity contribution < 1.29 is 9.34 Å². The molecule has 0 aliphatic carbocycles. The number of hydrogen-bond donors (Lipinski definition) is 0. The Kier molecular flexibility index (Phi) is 3.15. The number of aromatic nitrogens is 3. The first kappa shape index (κ1) is 13.7. The average molecular weight is 337 g/mol. The van der Waals surface area contributed by atoms with E-state index in [9.17, 15) is 10.1 Å². The third-order valence-corrected chi connectivity index (χ3v) is 5.49. The van der Waals surface area contributed by atoms with Crippen molar-refractivity contribution in [2.24, 2.45) is 0 Å². The first-order valence-corrected chi connectivity index (χ1v) is 8.46. The molecule has 8 nitrogen and oxygen atoms in total. The zero-order valence-electron chi connectivity index (χ0n) is 11.5. The molecule has 1 atom stereocenters. The molecule has 2 aromatic heterocycles. The van der Waals surface area contributed by atoms with Gasteiger partial charge in [0.15, 0.2) is 11.2 Å². The number of rotatable bonds is 4. The van der Waals surface area contributed by atoms with Crippen molar-refractivity contribution in [1.29, 1.82) is 0 Å². The molecule has 0 radical (unpaired) electrons. The number of aryl methyl sites for hydroxylation is 1. The maximum atomic E-state index is 10.8. The highest BCUT2D eigenvalue weighted by atomic mass is 32.2. The van der Waals surface area contributed by atoms with Gasteiger partial charge in [0.1, 0.15) is 15.7 Å². The van der Waals surface area contributed by atoms with E-state index in [2.05, 4.69) is 17.1 Å². The summed E-state index contributed by atoms with van der Waals surface area (Å²) in [4.78, 5) is 10.3. The molecule has 2 aromatic rings. The van der Waals surface area contributed by atoms with E-state index in [-0.39, 0.29) is 11.3 Å². The van der Waals surface area contributed by atoms with Gasteiger partial charge in [-0.1, -0.05) is 18.7 Å². The van der Waals surface area contributed by atoms with Gasteiger partial charge in [-0.2, -0.15) is 0 Å². The van der Waals surface area contributed by atoms with Crippen molar-refractivity contribution in [2.75, 3.05) is 5.01 Å². The van der Waals surface area contributed by atoms with E-state index < -0.39 is 4.92 Å². The number of furan rings is 1. The molecule has 2 aliphatic rings. The van der Waals surface area contributed by atoms with Crippen LogP contribution in [0.1, 0.15) is 30.3 Å². The fraction of sp³-hybridized carbons (Fsp3) is 0.333. The predicted molar refractivity (Wildman–Crippen MR) is 81.9 cm³/mol. The maximum Gasteiger partial charge on any atom is 0.433 e. The van der Waals surface area contributed by atoms with Gasteiger partial charge in [0.05, 0.1) is 6.07 Å². The fourth-order valence-corrected chi connectivity index (χ4v) is 4.63. The predicted octanol–water partition coefficient (Wildman–Crippen LogP) is 3.02. The van der Waals surface area contributed by atoms with E-state index in [0.717, 1.165) is 28.9 Å². The third-order valence-electron chi connectivity index (χ3n) is 3.34. The van der Waals surface area contributed by atoms with Gasteiger partial charge < -0.3 is 4.42 Å². The van der Waals surface area contributed by atoms with E-state index in [4.69, 9.17) is 4.42 Å². The summed E-state index contributed by atoms with van der Waals surface area (Å²) < 4.78 is 7.36. The quantitative estimate of drug-likeness (QED) is 0.621. The Morgan fingerprint density at radius 2 is 2.32 bits per heavy atom. The zero-order chi connectivity index (χ0) is 15.3. The number of fused-ring (bicyclic) bond motifs is 3. The summed E-state index contributed by atoms with van der Waals surface area (Å²) in [5.41, 5.74) is 0. The van der Waals surface area contributed by atoms with Crippen LogP contribution in [0, 0.1) is 10.1 Å². The highest BCUT2D eigenvalue weighted by molar-refractivity contribution is 8.07. The van der Waals surface area contributed by atoms with Gasteiger partial charge in [0.2, 0.25) is 5.16 Å². The largest absolute Gasteiger partial charge is 0.433 e. The molecular formula is C12H11N5O3S2. The molecule has 10 heteroatoms. The van der Waals surface area contributed by atoms with E-state index in [1.165, 1.54) is 6.07 Å². The number of thioether (sulfide) groups is 2. The van der Waals surface area contributed by atoms with Gasteiger partial charge >= 0.3 is 5.88 Å². The molecule has 0 amide bonds. The van der Waals surface area contributed by atoms with Crippen molar-refractivity contribution in [1.82, 2.24) is 14.9 Å². The highest BCUT2D eigenvalue weighted by Crippen LogP contribution is 2.51. The van der Waals surface area contributed by atoms with Gasteiger partial charge in [-0.3, -0.25) is 10.1 Å². The Hall–Kier alpha value is -1.94. The van der Waals surface area contributed by atoms with Crippen LogP contribution in [0.25, 0.3) is 0 Å². The summed E-state index contributed by atoms with van der Waals surface area (Å²) in [6.07, 6.45) is 1.80. The Labute approximate surface area is 133 Å². The van der Waals surface area contributed by atoms with Crippen LogP contribution in [-0.2, 0) is 6.42 Å². The number of hydrogen-bond acceptors (Lipinski definition) is 8. The summed E-state index contributed by atoms with van der Waals surface area (Å²) in [6.45, 7) is 2.09. The Morgan fingerprint density at radius 3 is 3.05 bits per heavy atom. The average Bonchev–Trinajstić information content (AvgIpc) is 3.19. The van der Waals surface area contributed by atoms with Crippen molar-refractivity contribution in [3.8, 4) is 0 Å². The van der Waals surface area contributed by atoms with Crippen LogP contribution in [0.4, 0.5) is 5.88 Å². The standard InChI is InChI=1S/C12H11N5O3S2/c1-2-3-8-13-14-12-15(8)16-10(22-12)6-21-11(16)7-4-5-9(20-7)17(18)19/h4-6,11H,2-3H2,1H3. The molecule has 114 valence electrons. The summed E-state index contributed by atoms with van der Waals surface area (Å²) >= 11 is 3.10. The Morgan fingerprint density at radius 1 is 1.45 bits per heavy atom. The second-order valence-corrected chi connectivity index (χ2v) is 6.73. The molecule has 4 heterocycles. The molecule has 22 heavy (non-hydrogen) atoms. The molecule has 0 spiro atoms. The molecule has 2 aliphatic heterocycles. The van der Waals surface area contributed by atoms with Crippen molar-refractivity contribution >= 4 is 29.4 Å². The van der Waals surface area contributed by atoms with Gasteiger partial charge in [0.25, 0.3) is 0 Å². The summed E-state index contributed by atoms with van der Waals surface area (Å²) in [5.74, 6) is 1.20. The molecule has 0 fully saturated rings. The summed E-state index contributed by atoms with van der Waals surface area (Å²) in [5, 5.41) is 25.0. The second kappa shape index (κ2) is 5.06. The van der Waals surface area contributed by atoms with Crippen LogP contribution in [0.5, 0.6) is 0 Å². The number of nitro groups is 1. The lowest BCUT2D eigenvalue weighted by Gasteiger charge is -2.23. The lowest BCUT2D eigenvalue weighted by Crippen LogP contribution is -2.30. The van der Waals surface area contributed by atoms with Crippen molar-refractivity contribution in [2.45, 2.75) is 30.3 Å². The topological polar surface area (TPSA) is 90.2 Å². The highest BCUT2D eigenvalue weighted by Gasteiger charge is 2.41. The Balaban J connectivity index is 1.71. The molecule has 4 rings (SSSR count).